The van der Waals surface area contributed by atoms with E-state index in [9.17, 15) is 19.1 Å². The second-order valence-electron chi connectivity index (χ2n) is 7.22. The van der Waals surface area contributed by atoms with E-state index in [1.54, 1.807) is 18.0 Å². The topological polar surface area (TPSA) is 73.2 Å². The minimum absolute atomic E-state index is 0.0956. The maximum atomic E-state index is 14.1. The van der Waals surface area contributed by atoms with Gasteiger partial charge in [0, 0.05) is 7.05 Å². The summed E-state index contributed by atoms with van der Waals surface area (Å²) in [6.45, 7) is 0. The van der Waals surface area contributed by atoms with Crippen molar-refractivity contribution in [2.75, 3.05) is 7.05 Å². The standard InChI is InChI=1S/C25H20FN3O3/c1-28-22(18-12-6-3-7-13-18)21(16-17-10-4-2-5-11-17)29(25(31)32)24(28)27-23(30)19-14-8-9-15-20(19)26/h2-16,22H,1H3,(H,31,32)/b21-16-,27-24?. The zero-order valence-electron chi connectivity index (χ0n) is 17.2. The van der Waals surface area contributed by atoms with Crippen LogP contribution >= 0.6 is 0 Å². The van der Waals surface area contributed by atoms with Gasteiger partial charge in [0.15, 0.2) is 0 Å². The van der Waals surface area contributed by atoms with Gasteiger partial charge in [-0.05, 0) is 29.3 Å². The highest BCUT2D eigenvalue weighted by Gasteiger charge is 2.43. The van der Waals surface area contributed by atoms with Crippen molar-refractivity contribution in [3.8, 4) is 0 Å². The molecule has 0 aromatic heterocycles. The van der Waals surface area contributed by atoms with Crippen LogP contribution in [-0.4, -0.2) is 39.9 Å². The molecule has 1 saturated heterocycles. The Morgan fingerprint density at radius 2 is 1.53 bits per heavy atom. The number of guanidine groups is 1. The van der Waals surface area contributed by atoms with Crippen molar-refractivity contribution in [1.82, 2.24) is 9.80 Å². The summed E-state index contributed by atoms with van der Waals surface area (Å²) in [5.41, 5.74) is 1.81. The van der Waals surface area contributed by atoms with Gasteiger partial charge in [0.1, 0.15) is 5.82 Å². The third-order valence-electron chi connectivity index (χ3n) is 5.17. The average molecular weight is 429 g/mol. The summed E-state index contributed by atoms with van der Waals surface area (Å²) >= 11 is 0. The van der Waals surface area contributed by atoms with Gasteiger partial charge in [0.25, 0.3) is 5.91 Å². The second kappa shape index (κ2) is 8.85. The lowest BCUT2D eigenvalue weighted by atomic mass is 10.0. The molecule has 7 heteroatoms. The smallest absolute Gasteiger partial charge is 0.418 e. The molecule has 0 radical (unpaired) electrons. The van der Waals surface area contributed by atoms with E-state index < -0.39 is 23.9 Å². The Balaban J connectivity index is 1.87. The van der Waals surface area contributed by atoms with Crippen molar-refractivity contribution in [3.05, 3.63) is 113 Å². The van der Waals surface area contributed by atoms with Crippen LogP contribution in [0.1, 0.15) is 27.5 Å². The quantitative estimate of drug-likeness (QED) is 0.634. The van der Waals surface area contributed by atoms with Gasteiger partial charge in [0.05, 0.1) is 17.3 Å². The minimum Gasteiger partial charge on any atom is -0.464 e. The van der Waals surface area contributed by atoms with Crippen molar-refractivity contribution in [1.29, 1.82) is 0 Å². The molecule has 0 saturated carbocycles. The highest BCUT2D eigenvalue weighted by atomic mass is 19.1. The number of amides is 2. The van der Waals surface area contributed by atoms with E-state index >= 15 is 0 Å². The monoisotopic (exact) mass is 429 g/mol. The number of hydrogen-bond acceptors (Lipinski definition) is 2. The molecule has 4 rings (SSSR count). The Bertz CT molecular complexity index is 1210. The van der Waals surface area contributed by atoms with Crippen molar-refractivity contribution in [2.24, 2.45) is 4.99 Å². The number of rotatable bonds is 3. The predicted octanol–water partition coefficient (Wildman–Crippen LogP) is 5.03. The van der Waals surface area contributed by atoms with Crippen LogP contribution in [0.25, 0.3) is 6.08 Å². The summed E-state index contributed by atoms with van der Waals surface area (Å²) in [7, 11) is 1.66. The zero-order chi connectivity index (χ0) is 22.7. The highest BCUT2D eigenvalue weighted by Crippen LogP contribution is 2.38. The summed E-state index contributed by atoms with van der Waals surface area (Å²) in [5, 5.41) is 10.0. The molecular weight excluding hydrogens is 409 g/mol. The van der Waals surface area contributed by atoms with Gasteiger partial charge in [-0.25, -0.2) is 14.1 Å². The summed E-state index contributed by atoms with van der Waals surface area (Å²) in [4.78, 5) is 31.7. The van der Waals surface area contributed by atoms with E-state index in [2.05, 4.69) is 4.99 Å². The van der Waals surface area contributed by atoms with Crippen molar-refractivity contribution >= 4 is 24.0 Å². The van der Waals surface area contributed by atoms with Crippen LogP contribution in [0.15, 0.2) is 95.6 Å². The van der Waals surface area contributed by atoms with E-state index in [0.717, 1.165) is 22.1 Å². The van der Waals surface area contributed by atoms with Gasteiger partial charge in [-0.1, -0.05) is 72.8 Å². The number of hydrogen-bond donors (Lipinski definition) is 1. The summed E-state index contributed by atoms with van der Waals surface area (Å²) in [6, 6.07) is 23.6. The van der Waals surface area contributed by atoms with Gasteiger partial charge in [-0.2, -0.15) is 4.99 Å². The molecule has 1 N–H and O–H groups in total. The molecule has 3 aromatic carbocycles. The summed E-state index contributed by atoms with van der Waals surface area (Å²) in [5.74, 6) is -1.67. The maximum absolute atomic E-state index is 14.1. The molecule has 1 aliphatic heterocycles. The minimum atomic E-state index is -1.29. The first-order valence-corrected chi connectivity index (χ1v) is 9.92. The number of aliphatic imine (C=N–C) groups is 1. The fourth-order valence-corrected chi connectivity index (χ4v) is 3.71. The number of likely N-dealkylation sites (N-methyl/N-ethyl adjacent to an activating group) is 1. The highest BCUT2D eigenvalue weighted by molar-refractivity contribution is 6.08. The number of carbonyl (C=O) groups is 2. The molecule has 3 aromatic rings. The number of carboxylic acid groups (broad SMARTS) is 1. The predicted molar refractivity (Wildman–Crippen MR) is 119 cm³/mol. The van der Waals surface area contributed by atoms with Gasteiger partial charge < -0.3 is 10.0 Å². The molecule has 1 fully saturated rings. The van der Waals surface area contributed by atoms with Crippen LogP contribution in [0.2, 0.25) is 0 Å². The van der Waals surface area contributed by atoms with E-state index in [1.807, 2.05) is 60.7 Å². The first kappa shape index (κ1) is 21.0. The first-order chi connectivity index (χ1) is 15.5. The Morgan fingerprint density at radius 3 is 2.16 bits per heavy atom. The van der Waals surface area contributed by atoms with E-state index in [4.69, 9.17) is 0 Å². The lowest BCUT2D eigenvalue weighted by molar-refractivity contribution is 0.0996. The molecular formula is C25H20FN3O3. The van der Waals surface area contributed by atoms with E-state index in [1.165, 1.54) is 18.2 Å². The number of benzene rings is 3. The van der Waals surface area contributed by atoms with E-state index in [0.29, 0.717) is 5.70 Å². The number of carbonyl (C=O) groups excluding carboxylic acids is 1. The lowest BCUT2D eigenvalue weighted by Crippen LogP contribution is -2.35. The Hall–Kier alpha value is -4.26. The molecule has 1 aliphatic rings. The SMILES string of the molecule is CN1C(=NC(=O)c2ccccc2F)N(C(=O)O)/C(=C\c2ccccc2)C1c1ccccc1. The zero-order valence-corrected chi connectivity index (χ0v) is 17.2. The molecule has 1 heterocycles. The van der Waals surface area contributed by atoms with Crippen molar-refractivity contribution in [3.63, 3.8) is 0 Å². The van der Waals surface area contributed by atoms with Crippen molar-refractivity contribution in [2.45, 2.75) is 6.04 Å². The van der Waals surface area contributed by atoms with Crippen LogP contribution in [0, 0.1) is 5.82 Å². The maximum Gasteiger partial charge on any atom is 0.418 e. The molecule has 2 amide bonds. The Labute approximate surface area is 184 Å². The molecule has 0 spiro atoms. The fourth-order valence-electron chi connectivity index (χ4n) is 3.71. The molecule has 1 unspecified atom stereocenters. The van der Waals surface area contributed by atoms with E-state index in [-0.39, 0.29) is 11.5 Å². The normalized spacial score (nSPS) is 18.4. The molecule has 1 atom stereocenters. The third kappa shape index (κ3) is 4.00. The largest absolute Gasteiger partial charge is 0.464 e. The van der Waals surface area contributed by atoms with Gasteiger partial charge in [-0.15, -0.1) is 0 Å². The molecule has 6 nitrogen and oxygen atoms in total. The van der Waals surface area contributed by atoms with Gasteiger partial charge >= 0.3 is 6.09 Å². The third-order valence-corrected chi connectivity index (χ3v) is 5.17. The molecule has 0 aliphatic carbocycles. The van der Waals surface area contributed by atoms with Crippen LogP contribution in [0.4, 0.5) is 9.18 Å². The summed E-state index contributed by atoms with van der Waals surface area (Å²) in [6.07, 6.45) is 0.454. The fraction of sp³-hybridized carbons (Fsp3) is 0.0800. The molecule has 0 bridgehead atoms. The van der Waals surface area contributed by atoms with Crippen LogP contribution in [0.5, 0.6) is 0 Å². The number of nitrogens with zero attached hydrogens (tertiary/aromatic N) is 3. The molecule has 32 heavy (non-hydrogen) atoms. The van der Waals surface area contributed by atoms with Crippen molar-refractivity contribution < 1.29 is 19.1 Å². The Kier molecular flexibility index (Phi) is 5.81. The first-order valence-electron chi connectivity index (χ1n) is 9.92. The van der Waals surface area contributed by atoms with Gasteiger partial charge in [-0.3, -0.25) is 4.79 Å². The molecule has 160 valence electrons. The second-order valence-corrected chi connectivity index (χ2v) is 7.22. The lowest BCUT2D eigenvalue weighted by Gasteiger charge is -2.20. The summed E-state index contributed by atoms with van der Waals surface area (Å²) < 4.78 is 14.1. The average Bonchev–Trinajstić information content (AvgIpc) is 3.06. The van der Waals surface area contributed by atoms with Crippen LogP contribution in [0.3, 0.4) is 0 Å². The van der Waals surface area contributed by atoms with Crippen LogP contribution in [-0.2, 0) is 0 Å². The van der Waals surface area contributed by atoms with Crippen LogP contribution < -0.4 is 0 Å². The Morgan fingerprint density at radius 1 is 0.938 bits per heavy atom. The van der Waals surface area contributed by atoms with Gasteiger partial charge in [0.2, 0.25) is 5.96 Å². The number of halogens is 1.